The first kappa shape index (κ1) is 24.6. The number of hydrogen-bond donors (Lipinski definition) is 2. The average molecular weight is 506 g/mol. The van der Waals surface area contributed by atoms with Crippen LogP contribution in [0.15, 0.2) is 95.9 Å². The average Bonchev–Trinajstić information content (AvgIpc) is 3.17. The lowest BCUT2D eigenvalue weighted by Crippen LogP contribution is -2.25. The van der Waals surface area contributed by atoms with Gasteiger partial charge in [-0.3, -0.25) is 14.3 Å². The SMILES string of the molecule is COc1cccc(-c2cnc(N)c(-c3ccc(NC(=O)c4c(C)n(C)n(-c5ccccc5)c4=O)cc3)c2)c1. The highest BCUT2D eigenvalue weighted by atomic mass is 16.5. The maximum atomic E-state index is 13.2. The van der Waals surface area contributed by atoms with E-state index in [0.717, 1.165) is 28.0 Å². The van der Waals surface area contributed by atoms with Gasteiger partial charge in [0.1, 0.15) is 17.1 Å². The number of carbonyl (C=O) groups is 1. The molecule has 0 bridgehead atoms. The Hall–Kier alpha value is -5.11. The fraction of sp³-hybridized carbons (Fsp3) is 0.100. The number of rotatable bonds is 6. The third-order valence-corrected chi connectivity index (χ3v) is 6.56. The van der Waals surface area contributed by atoms with Crippen LogP contribution in [-0.4, -0.2) is 27.4 Å². The van der Waals surface area contributed by atoms with E-state index < -0.39 is 5.91 Å². The van der Waals surface area contributed by atoms with Crippen LogP contribution in [0.2, 0.25) is 0 Å². The van der Waals surface area contributed by atoms with Gasteiger partial charge in [0, 0.05) is 30.1 Å². The number of para-hydroxylation sites is 1. The van der Waals surface area contributed by atoms with Gasteiger partial charge in [0.25, 0.3) is 11.5 Å². The number of carbonyl (C=O) groups excluding carboxylic acids is 1. The third kappa shape index (κ3) is 4.55. The molecule has 0 saturated carbocycles. The van der Waals surface area contributed by atoms with Crippen LogP contribution in [0.25, 0.3) is 27.9 Å². The summed E-state index contributed by atoms with van der Waals surface area (Å²) in [6.07, 6.45) is 1.73. The first-order chi connectivity index (χ1) is 18.4. The van der Waals surface area contributed by atoms with Crippen LogP contribution in [0.4, 0.5) is 11.5 Å². The number of aromatic nitrogens is 3. The molecule has 2 aromatic heterocycles. The minimum absolute atomic E-state index is 0.0971. The normalized spacial score (nSPS) is 10.8. The van der Waals surface area contributed by atoms with Crippen molar-refractivity contribution in [3.8, 4) is 33.7 Å². The Kier molecular flexibility index (Phi) is 6.53. The Bertz CT molecular complexity index is 1690. The van der Waals surface area contributed by atoms with E-state index in [1.165, 1.54) is 4.68 Å². The molecule has 0 radical (unpaired) electrons. The molecule has 0 aliphatic carbocycles. The molecule has 0 spiro atoms. The second-order valence-electron chi connectivity index (χ2n) is 8.86. The molecule has 8 nitrogen and oxygen atoms in total. The second kappa shape index (κ2) is 10.1. The van der Waals surface area contributed by atoms with E-state index >= 15 is 0 Å². The first-order valence-corrected chi connectivity index (χ1v) is 12.0. The van der Waals surface area contributed by atoms with Crippen LogP contribution >= 0.6 is 0 Å². The molecule has 0 unspecified atom stereocenters. The summed E-state index contributed by atoms with van der Waals surface area (Å²) in [5, 5.41) is 2.85. The summed E-state index contributed by atoms with van der Waals surface area (Å²) in [4.78, 5) is 30.7. The molecule has 3 N–H and O–H groups in total. The molecule has 5 rings (SSSR count). The van der Waals surface area contributed by atoms with Gasteiger partial charge in [-0.25, -0.2) is 9.67 Å². The Labute approximate surface area is 219 Å². The Morgan fingerprint density at radius 2 is 1.66 bits per heavy atom. The topological polar surface area (TPSA) is 104 Å². The van der Waals surface area contributed by atoms with Crippen LogP contribution in [-0.2, 0) is 7.05 Å². The van der Waals surface area contributed by atoms with E-state index in [1.807, 2.05) is 72.8 Å². The lowest BCUT2D eigenvalue weighted by atomic mass is 10.0. The van der Waals surface area contributed by atoms with Crippen molar-refractivity contribution in [2.45, 2.75) is 6.92 Å². The standard InChI is InChI=1S/C30H27N5O3/c1-19-27(30(37)35(34(19)2)24-9-5-4-6-10-24)29(36)33-23-14-12-20(13-15-23)26-17-22(18-32-28(26)31)21-8-7-11-25(16-21)38-3/h4-18H,1-3H3,(H2,31,32)(H,33,36). The lowest BCUT2D eigenvalue weighted by Gasteiger charge is -2.11. The van der Waals surface area contributed by atoms with Gasteiger partial charge in [0.15, 0.2) is 0 Å². The largest absolute Gasteiger partial charge is 0.497 e. The van der Waals surface area contributed by atoms with Crippen LogP contribution in [0.5, 0.6) is 5.75 Å². The van der Waals surface area contributed by atoms with Crippen molar-refractivity contribution in [3.63, 3.8) is 0 Å². The van der Waals surface area contributed by atoms with Crippen molar-refractivity contribution in [2.24, 2.45) is 7.05 Å². The first-order valence-electron chi connectivity index (χ1n) is 12.0. The molecule has 0 fully saturated rings. The predicted molar refractivity (Wildman–Crippen MR) is 150 cm³/mol. The van der Waals surface area contributed by atoms with E-state index in [4.69, 9.17) is 10.5 Å². The van der Waals surface area contributed by atoms with Crippen molar-refractivity contribution in [3.05, 3.63) is 113 Å². The molecule has 190 valence electrons. The number of nitrogens with zero attached hydrogens (tertiary/aromatic N) is 3. The Morgan fingerprint density at radius 1 is 0.921 bits per heavy atom. The molecule has 0 aliphatic rings. The summed E-state index contributed by atoms with van der Waals surface area (Å²) >= 11 is 0. The molecule has 0 saturated heterocycles. The van der Waals surface area contributed by atoms with Gasteiger partial charge in [-0.2, -0.15) is 0 Å². The Balaban J connectivity index is 1.40. The molecule has 1 amide bonds. The van der Waals surface area contributed by atoms with Gasteiger partial charge >= 0.3 is 0 Å². The number of nitrogen functional groups attached to an aromatic ring is 1. The van der Waals surface area contributed by atoms with Gasteiger partial charge in [-0.05, 0) is 60.5 Å². The van der Waals surface area contributed by atoms with E-state index in [-0.39, 0.29) is 11.1 Å². The zero-order chi connectivity index (χ0) is 26.8. The molecule has 38 heavy (non-hydrogen) atoms. The number of pyridine rings is 1. The van der Waals surface area contributed by atoms with E-state index in [2.05, 4.69) is 10.3 Å². The highest BCUT2D eigenvalue weighted by molar-refractivity contribution is 6.05. The van der Waals surface area contributed by atoms with Gasteiger partial charge in [-0.15, -0.1) is 0 Å². The fourth-order valence-corrected chi connectivity index (χ4v) is 4.42. The molecule has 8 heteroatoms. The smallest absolute Gasteiger partial charge is 0.284 e. The molecule has 5 aromatic rings. The van der Waals surface area contributed by atoms with Gasteiger partial charge < -0.3 is 15.8 Å². The van der Waals surface area contributed by atoms with Crippen molar-refractivity contribution < 1.29 is 9.53 Å². The van der Waals surface area contributed by atoms with Crippen LogP contribution < -0.4 is 21.3 Å². The maximum Gasteiger partial charge on any atom is 0.284 e. The minimum Gasteiger partial charge on any atom is -0.497 e. The van der Waals surface area contributed by atoms with E-state index in [0.29, 0.717) is 22.9 Å². The highest BCUT2D eigenvalue weighted by Crippen LogP contribution is 2.31. The fourth-order valence-electron chi connectivity index (χ4n) is 4.42. The van der Waals surface area contributed by atoms with Crippen molar-refractivity contribution in [2.75, 3.05) is 18.2 Å². The summed E-state index contributed by atoms with van der Waals surface area (Å²) < 4.78 is 8.50. The molecule has 3 aromatic carbocycles. The highest BCUT2D eigenvalue weighted by Gasteiger charge is 2.22. The summed E-state index contributed by atoms with van der Waals surface area (Å²) in [6.45, 7) is 1.75. The van der Waals surface area contributed by atoms with Crippen molar-refractivity contribution in [1.29, 1.82) is 0 Å². The molecular weight excluding hydrogens is 478 g/mol. The molecular formula is C30H27N5O3. The molecule has 2 heterocycles. The maximum absolute atomic E-state index is 13.2. The number of amides is 1. The van der Waals surface area contributed by atoms with Gasteiger partial charge in [-0.1, -0.05) is 42.5 Å². The third-order valence-electron chi connectivity index (χ3n) is 6.56. The monoisotopic (exact) mass is 505 g/mol. The number of anilines is 2. The predicted octanol–water partition coefficient (Wildman–Crippen LogP) is 5.06. The van der Waals surface area contributed by atoms with Crippen LogP contribution in [0.1, 0.15) is 16.1 Å². The zero-order valence-electron chi connectivity index (χ0n) is 21.3. The number of hydrogen-bond acceptors (Lipinski definition) is 5. The van der Waals surface area contributed by atoms with E-state index in [9.17, 15) is 9.59 Å². The van der Waals surface area contributed by atoms with Gasteiger partial charge in [0.05, 0.1) is 18.5 Å². The van der Waals surface area contributed by atoms with Crippen molar-refractivity contribution >= 4 is 17.4 Å². The number of nitrogens with one attached hydrogen (secondary N) is 1. The Morgan fingerprint density at radius 3 is 2.37 bits per heavy atom. The molecule has 0 atom stereocenters. The zero-order valence-corrected chi connectivity index (χ0v) is 21.3. The summed E-state index contributed by atoms with van der Waals surface area (Å²) in [6, 6.07) is 26.2. The van der Waals surface area contributed by atoms with Gasteiger partial charge in [0.2, 0.25) is 0 Å². The summed E-state index contributed by atoms with van der Waals surface area (Å²) in [5.41, 5.74) is 11.2. The van der Waals surface area contributed by atoms with Crippen molar-refractivity contribution in [1.82, 2.24) is 14.3 Å². The summed E-state index contributed by atoms with van der Waals surface area (Å²) in [5.74, 6) is 0.687. The number of methoxy groups -OCH3 is 1. The lowest BCUT2D eigenvalue weighted by molar-refractivity contribution is 0.102. The second-order valence-corrected chi connectivity index (χ2v) is 8.86. The number of benzene rings is 3. The number of ether oxygens (including phenoxy) is 1. The molecule has 0 aliphatic heterocycles. The number of nitrogens with two attached hydrogens (primary N) is 1. The minimum atomic E-state index is -0.466. The quantitative estimate of drug-likeness (QED) is 0.336. The van der Waals surface area contributed by atoms with Crippen LogP contribution in [0, 0.1) is 6.92 Å². The van der Waals surface area contributed by atoms with Crippen LogP contribution in [0.3, 0.4) is 0 Å². The summed E-state index contributed by atoms with van der Waals surface area (Å²) in [7, 11) is 3.39. The van der Waals surface area contributed by atoms with E-state index in [1.54, 1.807) is 44.1 Å².